The van der Waals surface area contributed by atoms with Gasteiger partial charge in [-0.25, -0.2) is 0 Å². The molecule has 0 unspecified atom stereocenters. The first-order valence-electron chi connectivity index (χ1n) is 9.44. The zero-order chi connectivity index (χ0) is 20.4. The van der Waals surface area contributed by atoms with Crippen molar-refractivity contribution in [1.82, 2.24) is 0 Å². The molecule has 150 valence electrons. The summed E-state index contributed by atoms with van der Waals surface area (Å²) in [7, 11) is 2.98. The Bertz CT molecular complexity index is 1060. The summed E-state index contributed by atoms with van der Waals surface area (Å²) in [6.07, 6.45) is 0.299. The second kappa shape index (κ2) is 8.01. The lowest BCUT2D eigenvalue weighted by Gasteiger charge is -2.25. The molecule has 0 spiro atoms. The van der Waals surface area contributed by atoms with Gasteiger partial charge in [0.15, 0.2) is 11.5 Å². The summed E-state index contributed by atoms with van der Waals surface area (Å²) in [6, 6.07) is 15.3. The van der Waals surface area contributed by atoms with Gasteiger partial charge in [-0.3, -0.25) is 4.79 Å². The molecule has 1 heterocycles. The first-order valence-corrected chi connectivity index (χ1v) is 9.44. The summed E-state index contributed by atoms with van der Waals surface area (Å²) in [5.41, 5.74) is 8.55. The molecular formula is C23H23NO5. The fraction of sp³-hybridized carbons (Fsp3) is 0.261. The van der Waals surface area contributed by atoms with E-state index in [1.807, 2.05) is 36.4 Å². The molecule has 0 aliphatic carbocycles. The summed E-state index contributed by atoms with van der Waals surface area (Å²) in [6.45, 7) is 0.883. The van der Waals surface area contributed by atoms with Gasteiger partial charge in [0.2, 0.25) is 0 Å². The molecule has 2 N–H and O–H groups in total. The minimum absolute atomic E-state index is 0.299. The van der Waals surface area contributed by atoms with Crippen molar-refractivity contribution in [3.8, 4) is 28.4 Å². The quantitative estimate of drug-likeness (QED) is 0.670. The lowest BCUT2D eigenvalue weighted by atomic mass is 9.95. The predicted molar refractivity (Wildman–Crippen MR) is 111 cm³/mol. The summed E-state index contributed by atoms with van der Waals surface area (Å²) < 4.78 is 22.3. The van der Waals surface area contributed by atoms with Crippen LogP contribution < -0.4 is 19.9 Å². The Kier molecular flexibility index (Phi) is 5.27. The third kappa shape index (κ3) is 3.59. The van der Waals surface area contributed by atoms with Gasteiger partial charge in [0.05, 0.1) is 14.2 Å². The Balaban J connectivity index is 1.83. The molecule has 6 nitrogen and oxygen atoms in total. The molecule has 0 aromatic heterocycles. The zero-order valence-corrected chi connectivity index (χ0v) is 16.4. The van der Waals surface area contributed by atoms with Crippen LogP contribution in [0.5, 0.6) is 17.2 Å². The molecule has 3 aromatic carbocycles. The van der Waals surface area contributed by atoms with Crippen molar-refractivity contribution in [2.24, 2.45) is 5.73 Å². The Morgan fingerprint density at radius 1 is 1.00 bits per heavy atom. The Hall–Kier alpha value is -3.25. The highest BCUT2D eigenvalue weighted by atomic mass is 16.6. The maximum atomic E-state index is 11.7. The number of nitrogens with two attached hydrogens (primary N) is 1. The number of benzene rings is 3. The van der Waals surface area contributed by atoms with Gasteiger partial charge in [0.1, 0.15) is 25.0 Å². The van der Waals surface area contributed by atoms with Crippen LogP contribution in [0.4, 0.5) is 0 Å². The first kappa shape index (κ1) is 19.1. The number of carbonyl (C=O) groups is 1. The number of fused-ring (bicyclic) bond motifs is 2. The minimum Gasteiger partial charge on any atom is -0.496 e. The fourth-order valence-electron chi connectivity index (χ4n) is 3.64. The van der Waals surface area contributed by atoms with Gasteiger partial charge in [0, 0.05) is 23.1 Å². The van der Waals surface area contributed by atoms with Crippen molar-refractivity contribution in [2.45, 2.75) is 12.5 Å². The Morgan fingerprint density at radius 3 is 2.38 bits per heavy atom. The average Bonchev–Trinajstić information content (AvgIpc) is 2.77. The summed E-state index contributed by atoms with van der Waals surface area (Å²) >= 11 is 0. The van der Waals surface area contributed by atoms with Crippen LogP contribution in [0, 0.1) is 0 Å². The van der Waals surface area contributed by atoms with E-state index in [9.17, 15) is 4.79 Å². The predicted octanol–water partition coefficient (Wildman–Crippen LogP) is 3.33. The van der Waals surface area contributed by atoms with Crippen LogP contribution in [0.3, 0.4) is 0 Å². The van der Waals surface area contributed by atoms with Crippen molar-refractivity contribution >= 4 is 16.7 Å². The average molecular weight is 393 g/mol. The van der Waals surface area contributed by atoms with Gasteiger partial charge < -0.3 is 24.7 Å². The minimum atomic E-state index is -0.768. The highest BCUT2D eigenvalue weighted by Gasteiger charge is 2.25. The van der Waals surface area contributed by atoms with E-state index in [4.69, 9.17) is 24.7 Å². The highest BCUT2D eigenvalue weighted by molar-refractivity contribution is 5.92. The van der Waals surface area contributed by atoms with Crippen molar-refractivity contribution in [3.05, 3.63) is 54.1 Å². The normalized spacial score (nSPS) is 13.8. The van der Waals surface area contributed by atoms with Crippen molar-refractivity contribution < 1.29 is 23.7 Å². The summed E-state index contributed by atoms with van der Waals surface area (Å²) in [5.74, 6) is 1.54. The summed E-state index contributed by atoms with van der Waals surface area (Å²) in [4.78, 5) is 11.7. The third-order valence-electron chi connectivity index (χ3n) is 5.07. The molecule has 4 rings (SSSR count). The fourth-order valence-corrected chi connectivity index (χ4v) is 3.64. The van der Waals surface area contributed by atoms with Crippen LogP contribution in [-0.4, -0.2) is 39.4 Å². The van der Waals surface area contributed by atoms with Crippen LogP contribution in [0.25, 0.3) is 21.9 Å². The van der Waals surface area contributed by atoms with Crippen molar-refractivity contribution in [3.63, 3.8) is 0 Å². The van der Waals surface area contributed by atoms with Crippen molar-refractivity contribution in [1.29, 1.82) is 0 Å². The van der Waals surface area contributed by atoms with Gasteiger partial charge in [-0.15, -0.1) is 0 Å². The number of esters is 1. The molecule has 1 atom stereocenters. The molecule has 0 amide bonds. The molecule has 29 heavy (non-hydrogen) atoms. The van der Waals surface area contributed by atoms with E-state index in [0.717, 1.165) is 33.2 Å². The number of ether oxygens (including phenoxy) is 4. The van der Waals surface area contributed by atoms with E-state index in [2.05, 4.69) is 12.1 Å². The molecule has 6 heteroatoms. The number of hydrogen-bond donors (Lipinski definition) is 1. The largest absolute Gasteiger partial charge is 0.496 e. The van der Waals surface area contributed by atoms with E-state index in [1.165, 1.54) is 7.11 Å². The number of rotatable bonds is 5. The smallest absolute Gasteiger partial charge is 0.322 e. The van der Waals surface area contributed by atoms with E-state index >= 15 is 0 Å². The molecule has 0 bridgehead atoms. The summed E-state index contributed by atoms with van der Waals surface area (Å²) in [5, 5.41) is 2.20. The molecule has 3 aromatic rings. The Labute approximate surface area is 169 Å². The molecule has 0 saturated heterocycles. The molecular weight excluding hydrogens is 370 g/mol. The number of carbonyl (C=O) groups excluding carboxylic acids is 1. The molecule has 0 radical (unpaired) electrons. The van der Waals surface area contributed by atoms with E-state index in [1.54, 1.807) is 7.11 Å². The maximum absolute atomic E-state index is 11.7. The monoisotopic (exact) mass is 393 g/mol. The maximum Gasteiger partial charge on any atom is 0.322 e. The van der Waals surface area contributed by atoms with Gasteiger partial charge in [-0.1, -0.05) is 30.3 Å². The van der Waals surface area contributed by atoms with E-state index in [-0.39, 0.29) is 0 Å². The molecule has 0 fully saturated rings. The molecule has 1 aliphatic rings. The SMILES string of the molecule is COC(=O)[C@@H](N)Cc1ccc(-c2cc3ccccc3cc2OC)c2c1OCCO2. The number of methoxy groups -OCH3 is 2. The van der Waals surface area contributed by atoms with Gasteiger partial charge in [-0.2, -0.15) is 0 Å². The van der Waals surface area contributed by atoms with Crippen LogP contribution in [-0.2, 0) is 16.0 Å². The van der Waals surface area contributed by atoms with Crippen LogP contribution in [0.1, 0.15) is 5.56 Å². The molecule has 1 aliphatic heterocycles. The van der Waals surface area contributed by atoms with E-state index < -0.39 is 12.0 Å². The van der Waals surface area contributed by atoms with Gasteiger partial charge >= 0.3 is 5.97 Å². The highest BCUT2D eigenvalue weighted by Crippen LogP contribution is 2.46. The molecule has 0 saturated carbocycles. The second-order valence-corrected chi connectivity index (χ2v) is 6.86. The van der Waals surface area contributed by atoms with E-state index in [0.29, 0.717) is 31.1 Å². The number of hydrogen-bond acceptors (Lipinski definition) is 6. The Morgan fingerprint density at radius 2 is 1.69 bits per heavy atom. The van der Waals surface area contributed by atoms with Crippen LogP contribution in [0.2, 0.25) is 0 Å². The van der Waals surface area contributed by atoms with Gasteiger partial charge in [-0.05, 0) is 29.0 Å². The van der Waals surface area contributed by atoms with Crippen LogP contribution in [0.15, 0.2) is 48.5 Å². The lowest BCUT2D eigenvalue weighted by molar-refractivity contribution is -0.142. The van der Waals surface area contributed by atoms with Gasteiger partial charge in [0.25, 0.3) is 0 Å². The topological polar surface area (TPSA) is 80.0 Å². The first-order chi connectivity index (χ1) is 14.1. The standard InChI is InChI=1S/C23H23NO5/c1-26-20-13-15-6-4-3-5-14(15)11-18(20)17-8-7-16(12-19(24)23(25)27-2)21-22(17)29-10-9-28-21/h3-8,11,13,19H,9-10,12,24H2,1-2H3/t19-/m0/s1. The zero-order valence-electron chi connectivity index (χ0n) is 16.4. The van der Waals surface area contributed by atoms with Crippen molar-refractivity contribution in [2.75, 3.05) is 27.4 Å². The third-order valence-corrected chi connectivity index (χ3v) is 5.07. The van der Waals surface area contributed by atoms with Crippen LogP contribution >= 0.6 is 0 Å². The lowest BCUT2D eigenvalue weighted by Crippen LogP contribution is -2.34. The second-order valence-electron chi connectivity index (χ2n) is 6.86.